The number of sulfone groups is 1. The topological polar surface area (TPSA) is 64.3 Å². The first-order chi connectivity index (χ1) is 9.45. The first-order valence-electron chi connectivity index (χ1n) is 5.74. The van der Waals surface area contributed by atoms with Crippen molar-refractivity contribution in [2.45, 2.75) is 4.90 Å². The van der Waals surface area contributed by atoms with Crippen LogP contribution in [0.25, 0.3) is 16.9 Å². The van der Waals surface area contributed by atoms with Crippen molar-refractivity contribution in [2.75, 3.05) is 6.26 Å². The first-order valence-corrected chi connectivity index (χ1v) is 8.71. The second-order valence-corrected chi connectivity index (χ2v) is 7.50. The Hall–Kier alpha value is -1.48. The molecule has 0 radical (unpaired) electrons. The third-order valence-electron chi connectivity index (χ3n) is 2.91. The highest BCUT2D eigenvalue weighted by Gasteiger charge is 2.10. The number of rotatable bonds is 2. The lowest BCUT2D eigenvalue weighted by Crippen LogP contribution is -1.98. The van der Waals surface area contributed by atoms with Gasteiger partial charge in [0.1, 0.15) is 3.70 Å². The number of fused-ring (bicyclic) bond motifs is 1. The van der Waals surface area contributed by atoms with Crippen LogP contribution < -0.4 is 0 Å². The van der Waals surface area contributed by atoms with Crippen LogP contribution in [0.2, 0.25) is 0 Å². The maximum Gasteiger partial charge on any atom is 0.175 e. The summed E-state index contributed by atoms with van der Waals surface area (Å²) in [4.78, 5) is 8.83. The van der Waals surface area contributed by atoms with Crippen LogP contribution in [0.5, 0.6) is 0 Å². The van der Waals surface area contributed by atoms with Crippen LogP contribution in [0.4, 0.5) is 0 Å². The molecule has 0 atom stereocenters. The van der Waals surface area contributed by atoms with E-state index in [-0.39, 0.29) is 4.90 Å². The highest BCUT2D eigenvalue weighted by atomic mass is 127. The smallest absolute Gasteiger partial charge is 0.175 e. The maximum atomic E-state index is 11.6. The number of benzene rings is 1. The fraction of sp³-hybridized carbons (Fsp3) is 0.0769. The standard InChI is InChI=1S/C13H10IN3O2S/c1-20(18,19)10-4-2-3-9(5-10)11-8-17-12(14)6-16-13(17)7-15-11/h2-8H,1H3. The van der Waals surface area contributed by atoms with Gasteiger partial charge in [-0.1, -0.05) is 12.1 Å². The van der Waals surface area contributed by atoms with E-state index in [1.165, 1.54) is 6.26 Å². The van der Waals surface area contributed by atoms with Crippen molar-refractivity contribution in [1.82, 2.24) is 14.4 Å². The zero-order valence-corrected chi connectivity index (χ0v) is 13.5. The van der Waals surface area contributed by atoms with Crippen molar-refractivity contribution in [2.24, 2.45) is 0 Å². The quantitative estimate of drug-likeness (QED) is 0.621. The van der Waals surface area contributed by atoms with Gasteiger partial charge >= 0.3 is 0 Å². The second-order valence-electron chi connectivity index (χ2n) is 4.38. The molecule has 5 nitrogen and oxygen atoms in total. The second kappa shape index (κ2) is 4.81. The minimum atomic E-state index is -3.22. The van der Waals surface area contributed by atoms with Crippen molar-refractivity contribution in [3.63, 3.8) is 0 Å². The Kier molecular flexibility index (Phi) is 3.25. The molecule has 1 aromatic carbocycles. The monoisotopic (exact) mass is 399 g/mol. The van der Waals surface area contributed by atoms with E-state index >= 15 is 0 Å². The highest BCUT2D eigenvalue weighted by molar-refractivity contribution is 14.1. The van der Waals surface area contributed by atoms with Crippen LogP contribution in [0, 0.1) is 3.70 Å². The third kappa shape index (κ3) is 2.42. The average molecular weight is 399 g/mol. The van der Waals surface area contributed by atoms with Gasteiger partial charge in [0.05, 0.1) is 23.0 Å². The SMILES string of the molecule is CS(=O)(=O)c1cccc(-c2cn3c(I)cnc3cn2)c1. The zero-order chi connectivity index (χ0) is 14.3. The Morgan fingerprint density at radius 3 is 2.75 bits per heavy atom. The van der Waals surface area contributed by atoms with Crippen molar-refractivity contribution in [3.05, 3.63) is 46.6 Å². The van der Waals surface area contributed by atoms with Crippen LogP contribution in [0.1, 0.15) is 0 Å². The molecule has 0 aliphatic carbocycles. The summed E-state index contributed by atoms with van der Waals surface area (Å²) in [6, 6.07) is 6.77. The summed E-state index contributed by atoms with van der Waals surface area (Å²) in [5.74, 6) is 0. The van der Waals surface area contributed by atoms with E-state index < -0.39 is 9.84 Å². The summed E-state index contributed by atoms with van der Waals surface area (Å²) in [7, 11) is -3.22. The molecule has 0 saturated heterocycles. The third-order valence-corrected chi connectivity index (χ3v) is 4.82. The maximum absolute atomic E-state index is 11.6. The molecular weight excluding hydrogens is 389 g/mol. The highest BCUT2D eigenvalue weighted by Crippen LogP contribution is 2.21. The predicted molar refractivity (Wildman–Crippen MR) is 84.2 cm³/mol. The molecule has 0 amide bonds. The fourth-order valence-electron chi connectivity index (χ4n) is 1.89. The van der Waals surface area contributed by atoms with Crippen LogP contribution >= 0.6 is 22.6 Å². The van der Waals surface area contributed by atoms with Gasteiger partial charge in [0.25, 0.3) is 0 Å². The molecule has 0 N–H and O–H groups in total. The Morgan fingerprint density at radius 1 is 1.20 bits per heavy atom. The molecular formula is C13H10IN3O2S. The number of hydrogen-bond acceptors (Lipinski definition) is 4. The molecule has 2 aromatic heterocycles. The summed E-state index contributed by atoms with van der Waals surface area (Å²) < 4.78 is 26.1. The fourth-order valence-corrected chi connectivity index (χ4v) is 3.09. The van der Waals surface area contributed by atoms with Crippen LogP contribution in [0.15, 0.2) is 47.8 Å². The van der Waals surface area contributed by atoms with E-state index in [4.69, 9.17) is 0 Å². The van der Waals surface area contributed by atoms with Crippen LogP contribution in [-0.4, -0.2) is 29.0 Å². The van der Waals surface area contributed by atoms with Crippen LogP contribution in [0.3, 0.4) is 0 Å². The van der Waals surface area contributed by atoms with Gasteiger partial charge in [-0.15, -0.1) is 0 Å². The molecule has 20 heavy (non-hydrogen) atoms. The van der Waals surface area contributed by atoms with Gasteiger partial charge in [-0.25, -0.2) is 13.4 Å². The molecule has 3 rings (SSSR count). The number of nitrogens with zero attached hydrogens (tertiary/aromatic N) is 3. The Labute approximate surface area is 129 Å². The van der Waals surface area contributed by atoms with Gasteiger partial charge in [-0.3, -0.25) is 9.38 Å². The molecule has 3 aromatic rings. The molecule has 2 heterocycles. The molecule has 0 aliphatic heterocycles. The van der Waals surface area contributed by atoms with Crippen LogP contribution in [-0.2, 0) is 9.84 Å². The van der Waals surface area contributed by atoms with E-state index in [1.807, 2.05) is 16.7 Å². The summed E-state index contributed by atoms with van der Waals surface area (Å²) in [5, 5.41) is 0. The Morgan fingerprint density at radius 2 is 2.00 bits per heavy atom. The molecule has 0 saturated carbocycles. The van der Waals surface area contributed by atoms with Gasteiger partial charge in [0.2, 0.25) is 0 Å². The largest absolute Gasteiger partial charge is 0.291 e. The average Bonchev–Trinajstić information content (AvgIpc) is 2.79. The molecule has 0 bridgehead atoms. The number of hydrogen-bond donors (Lipinski definition) is 0. The van der Waals surface area contributed by atoms with E-state index in [2.05, 4.69) is 32.6 Å². The molecule has 7 heteroatoms. The van der Waals surface area contributed by atoms with Gasteiger partial charge in [-0.05, 0) is 34.7 Å². The lowest BCUT2D eigenvalue weighted by molar-refractivity contribution is 0.602. The zero-order valence-electron chi connectivity index (χ0n) is 10.5. The van der Waals surface area contributed by atoms with E-state index in [0.717, 1.165) is 14.9 Å². The van der Waals surface area contributed by atoms with Gasteiger partial charge in [0, 0.05) is 18.0 Å². The molecule has 0 unspecified atom stereocenters. The summed E-state index contributed by atoms with van der Waals surface area (Å²) in [5.41, 5.74) is 2.23. The van der Waals surface area contributed by atoms with Gasteiger partial charge < -0.3 is 0 Å². The Balaban J connectivity index is 2.18. The van der Waals surface area contributed by atoms with E-state index in [9.17, 15) is 8.42 Å². The van der Waals surface area contributed by atoms with Crippen molar-refractivity contribution >= 4 is 38.1 Å². The van der Waals surface area contributed by atoms with E-state index in [0.29, 0.717) is 5.69 Å². The minimum Gasteiger partial charge on any atom is -0.291 e. The molecule has 0 spiro atoms. The lowest BCUT2D eigenvalue weighted by atomic mass is 10.2. The normalized spacial score (nSPS) is 11.9. The Bertz CT molecular complexity index is 903. The lowest BCUT2D eigenvalue weighted by Gasteiger charge is -2.04. The number of aromatic nitrogens is 3. The molecule has 0 fully saturated rings. The van der Waals surface area contributed by atoms with Crippen molar-refractivity contribution in [3.8, 4) is 11.3 Å². The summed E-state index contributed by atoms with van der Waals surface area (Å²) in [6.45, 7) is 0. The number of imidazole rings is 1. The van der Waals surface area contributed by atoms with Gasteiger partial charge in [0.15, 0.2) is 15.5 Å². The molecule has 102 valence electrons. The van der Waals surface area contributed by atoms with Gasteiger partial charge in [-0.2, -0.15) is 0 Å². The van der Waals surface area contributed by atoms with E-state index in [1.54, 1.807) is 30.6 Å². The van der Waals surface area contributed by atoms with Crippen molar-refractivity contribution < 1.29 is 8.42 Å². The first kappa shape index (κ1) is 13.5. The predicted octanol–water partition coefficient (Wildman–Crippen LogP) is 2.40. The number of halogens is 1. The summed E-state index contributed by atoms with van der Waals surface area (Å²) >= 11 is 2.19. The molecule has 0 aliphatic rings. The minimum absolute atomic E-state index is 0.289. The van der Waals surface area contributed by atoms with Crippen molar-refractivity contribution in [1.29, 1.82) is 0 Å². The summed E-state index contributed by atoms with van der Waals surface area (Å²) in [6.07, 6.45) is 6.48.